The molecule has 0 aliphatic carbocycles. The van der Waals surface area contributed by atoms with Gasteiger partial charge in [-0.1, -0.05) is 32.9 Å². The van der Waals surface area contributed by atoms with Crippen molar-refractivity contribution < 1.29 is 4.79 Å². The number of nitrogens with zero attached hydrogens (tertiary/aromatic N) is 1. The van der Waals surface area contributed by atoms with Gasteiger partial charge in [0.25, 0.3) is 0 Å². The molecule has 2 fully saturated rings. The van der Waals surface area contributed by atoms with Crippen molar-refractivity contribution in [2.75, 3.05) is 25.0 Å². The lowest BCUT2D eigenvalue weighted by molar-refractivity contribution is -0.121. The van der Waals surface area contributed by atoms with Crippen LogP contribution in [0.2, 0.25) is 0 Å². The van der Waals surface area contributed by atoms with E-state index >= 15 is 0 Å². The van der Waals surface area contributed by atoms with Crippen LogP contribution in [-0.4, -0.2) is 38.1 Å². The van der Waals surface area contributed by atoms with Gasteiger partial charge in [-0.05, 0) is 36.1 Å². The van der Waals surface area contributed by atoms with E-state index in [4.69, 9.17) is 0 Å². The van der Waals surface area contributed by atoms with Crippen LogP contribution in [0.25, 0.3) is 0 Å². The van der Waals surface area contributed by atoms with E-state index < -0.39 is 0 Å². The number of hydrogen-bond acceptors (Lipinski definition) is 4. The summed E-state index contributed by atoms with van der Waals surface area (Å²) in [6.45, 7) is 8.49. The first kappa shape index (κ1) is 16.4. The standard InChI is InChI=1S/C18H28N4O/c1-18(2,3)12-5-7-13(8-6-12)22(4)17(23)16-14-11-19-10-9-15(14)20-21-16/h5-8,14-16,19-21H,9-11H2,1-4H3. The average Bonchev–Trinajstić information content (AvgIpc) is 2.97. The number of benzene rings is 1. The highest BCUT2D eigenvalue weighted by Crippen LogP contribution is 2.26. The molecule has 0 saturated carbocycles. The van der Waals surface area contributed by atoms with Gasteiger partial charge < -0.3 is 10.2 Å². The zero-order valence-corrected chi connectivity index (χ0v) is 14.5. The van der Waals surface area contributed by atoms with Crippen LogP contribution < -0.4 is 21.1 Å². The van der Waals surface area contributed by atoms with Gasteiger partial charge >= 0.3 is 0 Å². The maximum Gasteiger partial charge on any atom is 0.245 e. The highest BCUT2D eigenvalue weighted by molar-refractivity contribution is 5.97. The predicted octanol–water partition coefficient (Wildman–Crippen LogP) is 1.40. The van der Waals surface area contributed by atoms with Crippen molar-refractivity contribution in [1.29, 1.82) is 0 Å². The Balaban J connectivity index is 1.72. The maximum atomic E-state index is 12.9. The molecule has 2 aliphatic heterocycles. The van der Waals surface area contributed by atoms with Crippen LogP contribution >= 0.6 is 0 Å². The number of piperidine rings is 1. The second-order valence-corrected chi connectivity index (χ2v) is 7.72. The Hall–Kier alpha value is -1.43. The molecule has 23 heavy (non-hydrogen) atoms. The molecule has 1 amide bonds. The average molecular weight is 316 g/mol. The normalized spacial score (nSPS) is 27.6. The number of amides is 1. The van der Waals surface area contributed by atoms with E-state index in [0.29, 0.717) is 12.0 Å². The second-order valence-electron chi connectivity index (χ2n) is 7.72. The summed E-state index contributed by atoms with van der Waals surface area (Å²) in [5.41, 5.74) is 8.83. The van der Waals surface area contributed by atoms with E-state index in [9.17, 15) is 4.79 Å². The molecule has 2 heterocycles. The Labute approximate surface area is 138 Å². The molecule has 0 aromatic heterocycles. The van der Waals surface area contributed by atoms with Gasteiger partial charge in [-0.15, -0.1) is 0 Å². The molecule has 5 heteroatoms. The first-order valence-electron chi connectivity index (χ1n) is 8.48. The Bertz CT molecular complexity index is 563. The third-order valence-electron chi connectivity index (χ3n) is 5.10. The molecule has 5 nitrogen and oxygen atoms in total. The SMILES string of the molecule is CN(C(=O)C1NNC2CCNCC21)c1ccc(C(C)(C)C)cc1. The van der Waals surface area contributed by atoms with Crippen LogP contribution in [-0.2, 0) is 10.2 Å². The smallest absolute Gasteiger partial charge is 0.245 e. The summed E-state index contributed by atoms with van der Waals surface area (Å²) in [5, 5.41) is 3.39. The molecule has 2 saturated heterocycles. The van der Waals surface area contributed by atoms with Crippen LogP contribution in [0, 0.1) is 5.92 Å². The number of carbonyl (C=O) groups excluding carboxylic acids is 1. The van der Waals surface area contributed by atoms with Crippen LogP contribution in [0.15, 0.2) is 24.3 Å². The number of fused-ring (bicyclic) bond motifs is 1. The van der Waals surface area contributed by atoms with Gasteiger partial charge in [-0.3, -0.25) is 10.2 Å². The zero-order chi connectivity index (χ0) is 16.6. The quantitative estimate of drug-likeness (QED) is 0.772. The van der Waals surface area contributed by atoms with E-state index in [2.05, 4.69) is 49.1 Å². The van der Waals surface area contributed by atoms with Crippen LogP contribution in [0.1, 0.15) is 32.8 Å². The third kappa shape index (κ3) is 3.27. The Morgan fingerprint density at radius 3 is 2.52 bits per heavy atom. The van der Waals surface area contributed by atoms with Crippen molar-refractivity contribution in [3.8, 4) is 0 Å². The molecular formula is C18H28N4O. The van der Waals surface area contributed by atoms with E-state index in [-0.39, 0.29) is 17.4 Å². The molecule has 3 rings (SSSR count). The van der Waals surface area contributed by atoms with Crippen molar-refractivity contribution in [2.45, 2.75) is 44.7 Å². The van der Waals surface area contributed by atoms with Gasteiger partial charge in [0, 0.05) is 31.2 Å². The van der Waals surface area contributed by atoms with E-state index in [0.717, 1.165) is 25.2 Å². The lowest BCUT2D eigenvalue weighted by Gasteiger charge is -2.29. The highest BCUT2D eigenvalue weighted by Gasteiger charge is 2.42. The molecule has 126 valence electrons. The molecule has 3 atom stereocenters. The number of rotatable bonds is 2. The number of carbonyl (C=O) groups is 1. The maximum absolute atomic E-state index is 12.9. The van der Waals surface area contributed by atoms with Crippen molar-refractivity contribution in [3.05, 3.63) is 29.8 Å². The minimum atomic E-state index is -0.167. The Morgan fingerprint density at radius 1 is 1.17 bits per heavy atom. The fourth-order valence-electron chi connectivity index (χ4n) is 3.48. The van der Waals surface area contributed by atoms with Gasteiger partial charge in [-0.25, -0.2) is 5.43 Å². The van der Waals surface area contributed by atoms with Gasteiger partial charge in [0.15, 0.2) is 0 Å². The van der Waals surface area contributed by atoms with Crippen LogP contribution in [0.4, 0.5) is 5.69 Å². The lowest BCUT2D eigenvalue weighted by atomic mass is 9.87. The molecule has 2 aliphatic rings. The molecule has 0 bridgehead atoms. The number of hydrogen-bond donors (Lipinski definition) is 3. The summed E-state index contributed by atoms with van der Waals surface area (Å²) in [7, 11) is 1.86. The van der Waals surface area contributed by atoms with Crippen LogP contribution in [0.3, 0.4) is 0 Å². The fraction of sp³-hybridized carbons (Fsp3) is 0.611. The van der Waals surface area contributed by atoms with Gasteiger partial charge in [0.2, 0.25) is 5.91 Å². The molecule has 1 aromatic carbocycles. The largest absolute Gasteiger partial charge is 0.316 e. The molecule has 1 aromatic rings. The summed E-state index contributed by atoms with van der Waals surface area (Å²) in [4.78, 5) is 14.6. The van der Waals surface area contributed by atoms with E-state index in [1.54, 1.807) is 4.90 Å². The third-order valence-corrected chi connectivity index (χ3v) is 5.10. The summed E-state index contributed by atoms with van der Waals surface area (Å²) < 4.78 is 0. The Morgan fingerprint density at radius 2 is 1.87 bits per heavy atom. The van der Waals surface area contributed by atoms with E-state index in [1.165, 1.54) is 5.56 Å². The first-order chi connectivity index (χ1) is 10.9. The number of likely N-dealkylation sites (N-methyl/N-ethyl adjacent to an activating group) is 1. The molecule has 0 spiro atoms. The molecule has 3 N–H and O–H groups in total. The van der Waals surface area contributed by atoms with E-state index in [1.807, 2.05) is 19.2 Å². The summed E-state index contributed by atoms with van der Waals surface area (Å²) in [6.07, 6.45) is 1.06. The van der Waals surface area contributed by atoms with Gasteiger partial charge in [0.05, 0.1) is 0 Å². The topological polar surface area (TPSA) is 56.4 Å². The van der Waals surface area contributed by atoms with Crippen molar-refractivity contribution in [2.24, 2.45) is 5.92 Å². The summed E-state index contributed by atoms with van der Waals surface area (Å²) in [5.74, 6) is 0.435. The summed E-state index contributed by atoms with van der Waals surface area (Å²) in [6, 6.07) is 8.53. The van der Waals surface area contributed by atoms with Crippen LogP contribution in [0.5, 0.6) is 0 Å². The predicted molar refractivity (Wildman–Crippen MR) is 93.4 cm³/mol. The van der Waals surface area contributed by atoms with Crippen molar-refractivity contribution in [1.82, 2.24) is 16.2 Å². The first-order valence-corrected chi connectivity index (χ1v) is 8.48. The lowest BCUT2D eigenvalue weighted by Crippen LogP contribution is -2.49. The summed E-state index contributed by atoms with van der Waals surface area (Å²) >= 11 is 0. The highest BCUT2D eigenvalue weighted by atomic mass is 16.2. The number of hydrazine groups is 1. The molecule has 3 unspecified atom stereocenters. The minimum Gasteiger partial charge on any atom is -0.316 e. The van der Waals surface area contributed by atoms with Gasteiger partial charge in [-0.2, -0.15) is 0 Å². The van der Waals surface area contributed by atoms with Crippen molar-refractivity contribution in [3.63, 3.8) is 0 Å². The van der Waals surface area contributed by atoms with Crippen molar-refractivity contribution >= 4 is 11.6 Å². The monoisotopic (exact) mass is 316 g/mol. The fourth-order valence-corrected chi connectivity index (χ4v) is 3.48. The minimum absolute atomic E-state index is 0.122. The molecular weight excluding hydrogens is 288 g/mol. The Kier molecular flexibility index (Phi) is 4.45. The number of nitrogens with one attached hydrogen (secondary N) is 3. The second kappa shape index (κ2) is 6.23. The zero-order valence-electron chi connectivity index (χ0n) is 14.5. The van der Waals surface area contributed by atoms with Gasteiger partial charge in [0.1, 0.15) is 6.04 Å². The number of anilines is 1. The molecule has 0 radical (unpaired) electrons.